The maximum atomic E-state index is 12.5. The Bertz CT molecular complexity index is 1080. The van der Waals surface area contributed by atoms with Crippen LogP contribution < -0.4 is 10.1 Å². The molecule has 0 unspecified atom stereocenters. The summed E-state index contributed by atoms with van der Waals surface area (Å²) in [7, 11) is 0. The monoisotopic (exact) mass is 416 g/mol. The van der Waals surface area contributed by atoms with Crippen molar-refractivity contribution in [1.82, 2.24) is 9.78 Å². The summed E-state index contributed by atoms with van der Waals surface area (Å²) in [6, 6.07) is 11.5. The number of ether oxygens (including phenoxy) is 1. The number of nitro benzene ring substituents is 1. The van der Waals surface area contributed by atoms with Crippen molar-refractivity contribution in [2.45, 2.75) is 6.54 Å². The van der Waals surface area contributed by atoms with Crippen molar-refractivity contribution >= 4 is 34.9 Å². The fourth-order valence-electron chi connectivity index (χ4n) is 2.43. The number of nitrogens with zero attached hydrogens (tertiary/aromatic N) is 3. The van der Waals surface area contributed by atoms with Crippen LogP contribution in [0.25, 0.3) is 0 Å². The molecule has 2 N–H and O–H groups in total. The van der Waals surface area contributed by atoms with E-state index in [-0.39, 0.29) is 22.8 Å². The molecule has 0 saturated heterocycles. The summed E-state index contributed by atoms with van der Waals surface area (Å²) in [4.78, 5) is 33.9. The van der Waals surface area contributed by atoms with Crippen LogP contribution in [0.2, 0.25) is 5.02 Å². The molecule has 1 heterocycles. The Morgan fingerprint density at radius 1 is 1.17 bits per heavy atom. The lowest BCUT2D eigenvalue weighted by atomic mass is 10.2. The van der Waals surface area contributed by atoms with E-state index in [1.165, 1.54) is 24.4 Å². The Morgan fingerprint density at radius 2 is 1.90 bits per heavy atom. The van der Waals surface area contributed by atoms with Crippen molar-refractivity contribution in [1.29, 1.82) is 0 Å². The highest BCUT2D eigenvalue weighted by Crippen LogP contribution is 2.30. The molecule has 0 aliphatic heterocycles. The number of anilines is 1. The van der Waals surface area contributed by atoms with Gasteiger partial charge in [-0.2, -0.15) is 5.10 Å². The fourth-order valence-corrected chi connectivity index (χ4v) is 2.56. The molecule has 0 bridgehead atoms. The van der Waals surface area contributed by atoms with Crippen LogP contribution in [0.15, 0.2) is 54.7 Å². The number of carboxylic acid groups (broad SMARTS) is 1. The normalized spacial score (nSPS) is 10.4. The van der Waals surface area contributed by atoms with Gasteiger partial charge in [-0.1, -0.05) is 11.6 Å². The lowest BCUT2D eigenvalue weighted by molar-refractivity contribution is -0.384. The first-order chi connectivity index (χ1) is 13.8. The van der Waals surface area contributed by atoms with E-state index in [4.69, 9.17) is 21.4 Å². The SMILES string of the molecule is O=C(O)Cn1nccc1C(=O)Nc1cc(Oc2ccc(Cl)cc2)cc([N+](=O)[O-])c1. The number of hydrogen-bond acceptors (Lipinski definition) is 6. The number of benzene rings is 2. The molecule has 0 radical (unpaired) electrons. The molecule has 0 aliphatic rings. The maximum absolute atomic E-state index is 12.5. The molecule has 11 heteroatoms. The van der Waals surface area contributed by atoms with Gasteiger partial charge in [0, 0.05) is 23.4 Å². The van der Waals surface area contributed by atoms with Crippen molar-refractivity contribution in [3.05, 3.63) is 75.6 Å². The van der Waals surface area contributed by atoms with Crippen molar-refractivity contribution in [2.24, 2.45) is 0 Å². The van der Waals surface area contributed by atoms with Gasteiger partial charge in [0.1, 0.15) is 23.7 Å². The average molecular weight is 417 g/mol. The van der Waals surface area contributed by atoms with Crippen LogP contribution in [0.5, 0.6) is 11.5 Å². The number of halogens is 1. The van der Waals surface area contributed by atoms with Crippen molar-refractivity contribution < 1.29 is 24.4 Å². The summed E-state index contributed by atoms with van der Waals surface area (Å²) >= 11 is 5.82. The van der Waals surface area contributed by atoms with Crippen LogP contribution in [0.3, 0.4) is 0 Å². The Balaban J connectivity index is 1.86. The summed E-state index contributed by atoms with van der Waals surface area (Å²) in [5.74, 6) is -1.33. The summed E-state index contributed by atoms with van der Waals surface area (Å²) < 4.78 is 6.60. The molecule has 0 fully saturated rings. The van der Waals surface area contributed by atoms with Gasteiger partial charge in [0.15, 0.2) is 0 Å². The van der Waals surface area contributed by atoms with Gasteiger partial charge in [-0.05, 0) is 30.3 Å². The van der Waals surface area contributed by atoms with E-state index in [1.807, 2.05) is 0 Å². The van der Waals surface area contributed by atoms with Gasteiger partial charge < -0.3 is 15.2 Å². The van der Waals surface area contributed by atoms with Crippen LogP contribution >= 0.6 is 11.6 Å². The van der Waals surface area contributed by atoms with E-state index in [9.17, 15) is 19.7 Å². The topological polar surface area (TPSA) is 137 Å². The van der Waals surface area contributed by atoms with Gasteiger partial charge >= 0.3 is 5.97 Å². The van der Waals surface area contributed by atoms with Gasteiger partial charge in [-0.15, -0.1) is 0 Å². The first-order valence-corrected chi connectivity index (χ1v) is 8.47. The van der Waals surface area contributed by atoms with E-state index in [1.54, 1.807) is 24.3 Å². The van der Waals surface area contributed by atoms with Gasteiger partial charge in [-0.3, -0.25) is 19.7 Å². The second kappa shape index (κ2) is 8.40. The van der Waals surface area contributed by atoms with E-state index >= 15 is 0 Å². The number of amides is 1. The standard InChI is InChI=1S/C18H13ClN4O6/c19-11-1-3-14(4-2-11)29-15-8-12(7-13(9-15)23(27)28)21-18(26)16-5-6-20-22(16)10-17(24)25/h1-9H,10H2,(H,21,26)(H,24,25). The summed E-state index contributed by atoms with van der Waals surface area (Å²) in [6.45, 7) is -0.504. The lowest BCUT2D eigenvalue weighted by Gasteiger charge is -2.10. The third-order valence-corrected chi connectivity index (χ3v) is 3.90. The zero-order chi connectivity index (χ0) is 21.0. The number of hydrogen-bond donors (Lipinski definition) is 2. The minimum atomic E-state index is -1.17. The third kappa shape index (κ3) is 5.08. The van der Waals surface area contributed by atoms with E-state index < -0.39 is 23.3 Å². The Kier molecular flexibility index (Phi) is 5.74. The summed E-state index contributed by atoms with van der Waals surface area (Å²) in [5.41, 5.74) is -0.221. The van der Waals surface area contributed by atoms with E-state index in [0.717, 1.165) is 10.7 Å². The van der Waals surface area contributed by atoms with E-state index in [0.29, 0.717) is 10.8 Å². The third-order valence-electron chi connectivity index (χ3n) is 3.64. The van der Waals surface area contributed by atoms with Crippen molar-refractivity contribution in [2.75, 3.05) is 5.32 Å². The number of nitro groups is 1. The molecule has 0 atom stereocenters. The molecule has 0 aliphatic carbocycles. The molecule has 10 nitrogen and oxygen atoms in total. The van der Waals surface area contributed by atoms with Crippen molar-refractivity contribution in [3.8, 4) is 11.5 Å². The maximum Gasteiger partial charge on any atom is 0.325 e. The highest BCUT2D eigenvalue weighted by molar-refractivity contribution is 6.30. The highest BCUT2D eigenvalue weighted by atomic mass is 35.5. The van der Waals surface area contributed by atoms with Crippen LogP contribution in [0.4, 0.5) is 11.4 Å². The Labute approximate surface area is 168 Å². The molecular formula is C18H13ClN4O6. The lowest BCUT2D eigenvalue weighted by Crippen LogP contribution is -2.20. The minimum Gasteiger partial charge on any atom is -0.480 e. The fraction of sp³-hybridized carbons (Fsp3) is 0.0556. The summed E-state index contributed by atoms with van der Waals surface area (Å²) in [6.07, 6.45) is 1.28. The molecule has 3 rings (SSSR count). The number of carbonyl (C=O) groups excluding carboxylic acids is 1. The molecule has 3 aromatic rings. The Hall–Kier alpha value is -3.92. The second-order valence-corrected chi connectivity index (χ2v) is 6.19. The molecule has 2 aromatic carbocycles. The van der Waals surface area contributed by atoms with Crippen LogP contribution in [-0.2, 0) is 11.3 Å². The van der Waals surface area contributed by atoms with Gasteiger partial charge in [0.25, 0.3) is 11.6 Å². The summed E-state index contributed by atoms with van der Waals surface area (Å²) in [5, 5.41) is 26.9. The van der Waals surface area contributed by atoms with Gasteiger partial charge in [-0.25, -0.2) is 4.68 Å². The Morgan fingerprint density at radius 3 is 2.55 bits per heavy atom. The molecule has 29 heavy (non-hydrogen) atoms. The van der Waals surface area contributed by atoms with Crippen LogP contribution in [0.1, 0.15) is 10.5 Å². The highest BCUT2D eigenvalue weighted by Gasteiger charge is 2.17. The number of nitrogens with one attached hydrogen (secondary N) is 1. The quantitative estimate of drug-likeness (QED) is 0.443. The van der Waals surface area contributed by atoms with Crippen molar-refractivity contribution in [3.63, 3.8) is 0 Å². The average Bonchev–Trinajstić information content (AvgIpc) is 3.11. The molecule has 0 saturated carbocycles. The molecule has 148 valence electrons. The van der Waals surface area contributed by atoms with Crippen LogP contribution in [-0.4, -0.2) is 31.7 Å². The predicted molar refractivity (Wildman–Crippen MR) is 102 cm³/mol. The first-order valence-electron chi connectivity index (χ1n) is 8.09. The zero-order valence-corrected chi connectivity index (χ0v) is 15.4. The molecule has 0 spiro atoms. The predicted octanol–water partition coefficient (Wildman–Crippen LogP) is 3.57. The minimum absolute atomic E-state index is 0.0147. The first kappa shape index (κ1) is 19.8. The number of non-ortho nitro benzene ring substituents is 1. The largest absolute Gasteiger partial charge is 0.480 e. The van der Waals surface area contributed by atoms with Gasteiger partial charge in [0.05, 0.1) is 16.7 Å². The number of aromatic nitrogens is 2. The molecular weight excluding hydrogens is 404 g/mol. The molecule has 1 aromatic heterocycles. The number of carbonyl (C=O) groups is 2. The zero-order valence-electron chi connectivity index (χ0n) is 14.6. The van der Waals surface area contributed by atoms with Gasteiger partial charge in [0.2, 0.25) is 0 Å². The van der Waals surface area contributed by atoms with E-state index in [2.05, 4.69) is 10.4 Å². The number of aliphatic carboxylic acids is 1. The molecule has 1 amide bonds. The van der Waals surface area contributed by atoms with Crippen LogP contribution in [0, 0.1) is 10.1 Å². The smallest absolute Gasteiger partial charge is 0.325 e. The number of carboxylic acids is 1. The second-order valence-electron chi connectivity index (χ2n) is 5.75. The number of rotatable bonds is 7.